The highest BCUT2D eigenvalue weighted by Gasteiger charge is 2.29. The highest BCUT2D eigenvalue weighted by atomic mass is 32.1. The van der Waals surface area contributed by atoms with Gasteiger partial charge in [-0.05, 0) is 43.9 Å². The molecule has 1 aliphatic carbocycles. The van der Waals surface area contributed by atoms with E-state index in [4.69, 9.17) is 14.2 Å². The average Bonchev–Trinajstić information content (AvgIpc) is 3.28. The maximum Gasteiger partial charge on any atom is 0.414 e. The lowest BCUT2D eigenvalue weighted by Gasteiger charge is -2.11. The van der Waals surface area contributed by atoms with Crippen molar-refractivity contribution in [2.75, 3.05) is 26.1 Å². The van der Waals surface area contributed by atoms with E-state index in [0.29, 0.717) is 27.6 Å². The van der Waals surface area contributed by atoms with E-state index in [0.717, 1.165) is 29.7 Å². The fourth-order valence-corrected chi connectivity index (χ4v) is 4.45. The molecule has 0 spiro atoms. The lowest BCUT2D eigenvalue weighted by atomic mass is 10.1. The van der Waals surface area contributed by atoms with Crippen LogP contribution in [0.4, 0.5) is 9.80 Å². The molecule has 0 unspecified atom stereocenters. The van der Waals surface area contributed by atoms with Gasteiger partial charge in [0.15, 0.2) is 0 Å². The molecule has 3 rings (SSSR count). The van der Waals surface area contributed by atoms with Gasteiger partial charge in [0.1, 0.15) is 16.5 Å². The Morgan fingerprint density at radius 3 is 2.34 bits per heavy atom. The van der Waals surface area contributed by atoms with Crippen LogP contribution in [0.5, 0.6) is 11.5 Å². The summed E-state index contributed by atoms with van der Waals surface area (Å²) >= 11 is 1.35. The molecule has 0 aliphatic heterocycles. The first-order chi connectivity index (χ1) is 14.0. The molecule has 8 nitrogen and oxygen atoms in total. The van der Waals surface area contributed by atoms with E-state index in [1.165, 1.54) is 25.6 Å². The van der Waals surface area contributed by atoms with Gasteiger partial charge in [-0.2, -0.15) is 0 Å². The summed E-state index contributed by atoms with van der Waals surface area (Å²) in [7, 11) is 3.00. The SMILES string of the molecule is CCOC(=O)NC(=O)c1c(NC(=O)c2cc(OC)cc(OC)c2)sc2c1CCC2. The van der Waals surface area contributed by atoms with E-state index in [2.05, 4.69) is 10.6 Å². The molecule has 29 heavy (non-hydrogen) atoms. The molecule has 1 aromatic carbocycles. The van der Waals surface area contributed by atoms with Crippen LogP contribution < -0.4 is 20.1 Å². The second-order valence-corrected chi connectivity index (χ2v) is 7.40. The van der Waals surface area contributed by atoms with Crippen molar-refractivity contribution in [2.45, 2.75) is 26.2 Å². The summed E-state index contributed by atoms with van der Waals surface area (Å²) in [5.41, 5.74) is 1.51. The summed E-state index contributed by atoms with van der Waals surface area (Å²) < 4.78 is 15.2. The lowest BCUT2D eigenvalue weighted by Crippen LogP contribution is -2.32. The van der Waals surface area contributed by atoms with Crippen molar-refractivity contribution in [2.24, 2.45) is 0 Å². The Morgan fingerprint density at radius 2 is 1.72 bits per heavy atom. The minimum Gasteiger partial charge on any atom is -0.497 e. The molecule has 0 atom stereocenters. The number of thiophene rings is 1. The van der Waals surface area contributed by atoms with Crippen LogP contribution in [0, 0.1) is 0 Å². The van der Waals surface area contributed by atoms with Crippen molar-refractivity contribution in [3.8, 4) is 11.5 Å². The minimum atomic E-state index is -0.815. The summed E-state index contributed by atoms with van der Waals surface area (Å²) in [5.74, 6) is -0.0411. The molecule has 1 heterocycles. The summed E-state index contributed by atoms with van der Waals surface area (Å²) in [5, 5.41) is 5.42. The molecule has 0 saturated heterocycles. The molecule has 2 aromatic rings. The summed E-state index contributed by atoms with van der Waals surface area (Å²) in [6.07, 6.45) is 1.68. The topological polar surface area (TPSA) is 103 Å². The smallest absolute Gasteiger partial charge is 0.414 e. The lowest BCUT2D eigenvalue weighted by molar-refractivity contribution is 0.0925. The van der Waals surface area contributed by atoms with Gasteiger partial charge < -0.3 is 19.5 Å². The Hall–Kier alpha value is -3.07. The number of aryl methyl sites for hydroxylation is 1. The van der Waals surface area contributed by atoms with Crippen molar-refractivity contribution in [3.63, 3.8) is 0 Å². The van der Waals surface area contributed by atoms with Crippen molar-refractivity contribution < 1.29 is 28.6 Å². The number of carbonyl (C=O) groups excluding carboxylic acids is 3. The monoisotopic (exact) mass is 418 g/mol. The van der Waals surface area contributed by atoms with E-state index in [1.54, 1.807) is 25.1 Å². The first-order valence-electron chi connectivity index (χ1n) is 9.13. The standard InChI is InChI=1S/C20H22N2O6S/c1-4-28-20(25)22-18(24)16-14-6-5-7-15(14)29-19(16)21-17(23)11-8-12(26-2)10-13(9-11)27-3/h8-10H,4-7H2,1-3H3,(H,21,23)(H,22,24,25). The third-order valence-electron chi connectivity index (χ3n) is 4.48. The second kappa shape index (κ2) is 8.95. The van der Waals surface area contributed by atoms with Crippen LogP contribution in [0.15, 0.2) is 18.2 Å². The minimum absolute atomic E-state index is 0.155. The fraction of sp³-hybridized carbons (Fsp3) is 0.350. The molecule has 154 valence electrons. The Labute approximate surface area is 172 Å². The Kier molecular flexibility index (Phi) is 6.38. The normalized spacial score (nSPS) is 12.1. The average molecular weight is 418 g/mol. The van der Waals surface area contributed by atoms with E-state index in [9.17, 15) is 14.4 Å². The Balaban J connectivity index is 1.89. The van der Waals surface area contributed by atoms with Crippen LogP contribution in [0.2, 0.25) is 0 Å². The zero-order valence-electron chi connectivity index (χ0n) is 16.4. The first kappa shape index (κ1) is 20.7. The highest BCUT2D eigenvalue weighted by molar-refractivity contribution is 7.17. The van der Waals surface area contributed by atoms with Gasteiger partial charge in [-0.3, -0.25) is 14.9 Å². The van der Waals surface area contributed by atoms with Gasteiger partial charge >= 0.3 is 6.09 Å². The van der Waals surface area contributed by atoms with Crippen LogP contribution in [-0.2, 0) is 17.6 Å². The van der Waals surface area contributed by atoms with Gasteiger partial charge in [0.25, 0.3) is 11.8 Å². The Bertz CT molecular complexity index is 930. The van der Waals surface area contributed by atoms with Crippen LogP contribution in [0.25, 0.3) is 0 Å². The molecule has 0 bridgehead atoms. The van der Waals surface area contributed by atoms with E-state index in [1.807, 2.05) is 0 Å². The largest absolute Gasteiger partial charge is 0.497 e. The predicted octanol–water partition coefficient (Wildman–Crippen LogP) is 3.39. The number of alkyl carbamates (subject to hydrolysis) is 1. The number of amides is 3. The van der Waals surface area contributed by atoms with E-state index < -0.39 is 17.9 Å². The van der Waals surface area contributed by atoms with Gasteiger partial charge in [-0.1, -0.05) is 0 Å². The maximum absolute atomic E-state index is 12.8. The van der Waals surface area contributed by atoms with Crippen LogP contribution in [-0.4, -0.2) is 38.7 Å². The van der Waals surface area contributed by atoms with E-state index in [-0.39, 0.29) is 6.61 Å². The molecule has 9 heteroatoms. The number of imide groups is 1. The van der Waals surface area contributed by atoms with Gasteiger partial charge in [-0.25, -0.2) is 4.79 Å². The maximum atomic E-state index is 12.8. The van der Waals surface area contributed by atoms with Gasteiger partial charge in [-0.15, -0.1) is 11.3 Å². The summed E-state index contributed by atoms with van der Waals surface area (Å²) in [4.78, 5) is 38.3. The van der Waals surface area contributed by atoms with Crippen molar-refractivity contribution in [1.29, 1.82) is 0 Å². The number of benzene rings is 1. The molecule has 1 aromatic heterocycles. The molecule has 3 amide bonds. The summed E-state index contributed by atoms with van der Waals surface area (Å²) in [6, 6.07) is 4.82. The fourth-order valence-electron chi connectivity index (χ4n) is 3.17. The number of ether oxygens (including phenoxy) is 3. The molecule has 0 radical (unpaired) electrons. The van der Waals surface area contributed by atoms with Crippen LogP contribution in [0.1, 0.15) is 44.5 Å². The number of nitrogens with one attached hydrogen (secondary N) is 2. The predicted molar refractivity (Wildman–Crippen MR) is 108 cm³/mol. The highest BCUT2D eigenvalue weighted by Crippen LogP contribution is 2.39. The van der Waals surface area contributed by atoms with E-state index >= 15 is 0 Å². The number of fused-ring (bicyclic) bond motifs is 1. The van der Waals surface area contributed by atoms with Crippen molar-refractivity contribution in [1.82, 2.24) is 5.32 Å². The quantitative estimate of drug-likeness (QED) is 0.745. The van der Waals surface area contributed by atoms with Gasteiger partial charge in [0.05, 0.1) is 26.4 Å². The first-order valence-corrected chi connectivity index (χ1v) is 9.95. The number of anilines is 1. The molecule has 1 aliphatic rings. The van der Waals surface area contributed by atoms with Gasteiger partial charge in [0, 0.05) is 16.5 Å². The Morgan fingerprint density at radius 1 is 1.03 bits per heavy atom. The third-order valence-corrected chi connectivity index (χ3v) is 5.69. The zero-order chi connectivity index (χ0) is 21.0. The van der Waals surface area contributed by atoms with Crippen LogP contribution in [0.3, 0.4) is 0 Å². The second-order valence-electron chi connectivity index (χ2n) is 6.29. The zero-order valence-corrected chi connectivity index (χ0v) is 17.2. The number of hydrogen-bond acceptors (Lipinski definition) is 7. The van der Waals surface area contributed by atoms with Gasteiger partial charge in [0.2, 0.25) is 0 Å². The molecule has 0 fully saturated rings. The van der Waals surface area contributed by atoms with Crippen molar-refractivity contribution in [3.05, 3.63) is 39.8 Å². The molecular formula is C20H22N2O6S. The van der Waals surface area contributed by atoms with Crippen LogP contribution >= 0.6 is 11.3 Å². The summed E-state index contributed by atoms with van der Waals surface area (Å²) in [6.45, 7) is 1.81. The molecule has 2 N–H and O–H groups in total. The third kappa shape index (κ3) is 4.51. The molecule has 0 saturated carbocycles. The number of rotatable bonds is 6. The molecular weight excluding hydrogens is 396 g/mol. The number of methoxy groups -OCH3 is 2. The number of hydrogen-bond donors (Lipinski definition) is 2. The number of carbonyl (C=O) groups is 3. The van der Waals surface area contributed by atoms with Crippen molar-refractivity contribution >= 4 is 34.2 Å².